The summed E-state index contributed by atoms with van der Waals surface area (Å²) in [6.07, 6.45) is -1.12. The number of nitrogens with zero attached hydrogens (tertiary/aromatic N) is 1. The van der Waals surface area contributed by atoms with Gasteiger partial charge in [-0.1, -0.05) is 18.2 Å². The van der Waals surface area contributed by atoms with Gasteiger partial charge in [0.15, 0.2) is 11.5 Å². The number of rotatable bonds is 5. The van der Waals surface area contributed by atoms with Gasteiger partial charge in [-0.3, -0.25) is 14.5 Å². The fourth-order valence-corrected chi connectivity index (χ4v) is 3.86. The number of H-pyrrole nitrogens is 1. The van der Waals surface area contributed by atoms with Crippen molar-refractivity contribution in [1.29, 1.82) is 0 Å². The maximum atomic E-state index is 12.7. The molecule has 0 spiro atoms. The van der Waals surface area contributed by atoms with Gasteiger partial charge in [0, 0.05) is 22.7 Å². The summed E-state index contributed by atoms with van der Waals surface area (Å²) >= 11 is 0. The second-order valence-corrected chi connectivity index (χ2v) is 7.36. The van der Waals surface area contributed by atoms with E-state index in [9.17, 15) is 14.4 Å². The lowest BCUT2D eigenvalue weighted by atomic mass is 10.1. The molecule has 2 aliphatic heterocycles. The van der Waals surface area contributed by atoms with E-state index >= 15 is 0 Å². The lowest BCUT2D eigenvalue weighted by Gasteiger charge is -2.13. The molecule has 2 amide bonds. The van der Waals surface area contributed by atoms with Crippen LogP contribution in [0.4, 0.5) is 10.5 Å². The minimum Gasteiger partial charge on any atom is -0.454 e. The molecule has 3 aromatic rings. The highest BCUT2D eigenvalue weighted by molar-refractivity contribution is 6.45. The van der Waals surface area contributed by atoms with Gasteiger partial charge in [0.1, 0.15) is 6.10 Å². The monoisotopic (exact) mass is 421 g/mol. The first-order valence-corrected chi connectivity index (χ1v) is 9.79. The summed E-state index contributed by atoms with van der Waals surface area (Å²) in [5.41, 5.74) is 2.37. The number of amides is 2. The number of hydrogen-bond acceptors (Lipinski definition) is 6. The SMILES string of the molecule is Cc1[nH]c2ccccc2c1C(=O)C(=O)NC[C@H]1CN(c2ccc3c(c2)OCO3)C(=O)O1. The van der Waals surface area contributed by atoms with Crippen LogP contribution in [0.25, 0.3) is 10.9 Å². The van der Waals surface area contributed by atoms with Crippen LogP contribution < -0.4 is 19.7 Å². The van der Waals surface area contributed by atoms with Crippen molar-refractivity contribution in [2.24, 2.45) is 0 Å². The number of anilines is 1. The van der Waals surface area contributed by atoms with Crippen molar-refractivity contribution >= 4 is 34.4 Å². The Labute approximate surface area is 176 Å². The summed E-state index contributed by atoms with van der Waals surface area (Å²) in [6.45, 7) is 2.15. The first-order chi connectivity index (χ1) is 15.0. The number of aromatic nitrogens is 1. The standard InChI is InChI=1S/C22H19N3O6/c1-12-19(15-4-2-3-5-16(15)24-12)20(26)21(27)23-9-14-10-25(22(28)31-14)13-6-7-17-18(8-13)30-11-29-17/h2-8,14,24H,9-11H2,1H3,(H,23,27)/t14-/m0/s1. The molecule has 1 fully saturated rings. The van der Waals surface area contributed by atoms with E-state index in [1.54, 1.807) is 31.2 Å². The van der Waals surface area contributed by atoms with Crippen LogP contribution >= 0.6 is 0 Å². The van der Waals surface area contributed by atoms with Crippen LogP contribution in [0.3, 0.4) is 0 Å². The normalized spacial score (nSPS) is 17.1. The van der Waals surface area contributed by atoms with E-state index in [0.29, 0.717) is 33.8 Å². The number of nitrogens with one attached hydrogen (secondary N) is 2. The number of para-hydroxylation sites is 1. The molecule has 1 aromatic heterocycles. The molecule has 2 N–H and O–H groups in total. The average molecular weight is 421 g/mol. The number of carbonyl (C=O) groups is 3. The van der Waals surface area contributed by atoms with Gasteiger partial charge in [-0.25, -0.2) is 4.79 Å². The molecule has 3 heterocycles. The van der Waals surface area contributed by atoms with Crippen LogP contribution in [0.5, 0.6) is 11.5 Å². The predicted molar refractivity (Wildman–Crippen MR) is 111 cm³/mol. The number of aryl methyl sites for hydroxylation is 1. The molecule has 0 unspecified atom stereocenters. The third-order valence-corrected chi connectivity index (χ3v) is 5.36. The Morgan fingerprint density at radius 2 is 1.97 bits per heavy atom. The molecule has 158 valence electrons. The summed E-state index contributed by atoms with van der Waals surface area (Å²) in [7, 11) is 0. The topological polar surface area (TPSA) is 110 Å². The van der Waals surface area contributed by atoms with Gasteiger partial charge in [0.2, 0.25) is 6.79 Å². The van der Waals surface area contributed by atoms with E-state index in [4.69, 9.17) is 14.2 Å². The van der Waals surface area contributed by atoms with Crippen molar-refractivity contribution in [2.45, 2.75) is 13.0 Å². The highest BCUT2D eigenvalue weighted by atomic mass is 16.7. The molecular formula is C22H19N3O6. The molecule has 2 aromatic carbocycles. The van der Waals surface area contributed by atoms with E-state index in [2.05, 4.69) is 10.3 Å². The number of ketones is 1. The number of cyclic esters (lactones) is 1. The number of hydrogen-bond donors (Lipinski definition) is 2. The smallest absolute Gasteiger partial charge is 0.414 e. The van der Waals surface area contributed by atoms with Crippen LogP contribution in [0.2, 0.25) is 0 Å². The molecule has 9 heteroatoms. The van der Waals surface area contributed by atoms with E-state index < -0.39 is 23.9 Å². The van der Waals surface area contributed by atoms with E-state index in [0.717, 1.165) is 5.52 Å². The van der Waals surface area contributed by atoms with Gasteiger partial charge in [0.25, 0.3) is 11.7 Å². The van der Waals surface area contributed by atoms with Crippen LogP contribution in [-0.2, 0) is 9.53 Å². The Bertz CT molecular complexity index is 1220. The summed E-state index contributed by atoms with van der Waals surface area (Å²) in [5, 5.41) is 3.28. The molecule has 1 saturated heterocycles. The minimum atomic E-state index is -0.745. The molecule has 0 radical (unpaired) electrons. The van der Waals surface area contributed by atoms with Crippen molar-refractivity contribution in [3.05, 3.63) is 53.7 Å². The number of fused-ring (bicyclic) bond motifs is 2. The number of benzene rings is 2. The second-order valence-electron chi connectivity index (χ2n) is 7.36. The van der Waals surface area contributed by atoms with E-state index in [1.165, 1.54) is 4.90 Å². The van der Waals surface area contributed by atoms with Crippen molar-refractivity contribution < 1.29 is 28.6 Å². The van der Waals surface area contributed by atoms with Gasteiger partial charge in [0.05, 0.1) is 24.3 Å². The van der Waals surface area contributed by atoms with Crippen LogP contribution in [0.1, 0.15) is 16.1 Å². The Morgan fingerprint density at radius 3 is 2.84 bits per heavy atom. The summed E-state index contributed by atoms with van der Waals surface area (Å²) < 4.78 is 16.0. The number of Topliss-reactive ketones (excluding diaryl/α,β-unsaturated/α-hetero) is 1. The highest BCUT2D eigenvalue weighted by Gasteiger charge is 2.34. The van der Waals surface area contributed by atoms with E-state index in [-0.39, 0.29) is 19.9 Å². The Kier molecular flexibility index (Phi) is 4.50. The van der Waals surface area contributed by atoms with E-state index in [1.807, 2.05) is 18.2 Å². The van der Waals surface area contributed by atoms with Crippen molar-refractivity contribution in [2.75, 3.05) is 24.8 Å². The van der Waals surface area contributed by atoms with Gasteiger partial charge in [-0.2, -0.15) is 0 Å². The molecule has 2 aliphatic rings. The maximum absolute atomic E-state index is 12.7. The Hall–Kier alpha value is -4.01. The van der Waals surface area contributed by atoms with Crippen LogP contribution in [-0.4, -0.2) is 48.8 Å². The number of ether oxygens (including phenoxy) is 3. The zero-order valence-electron chi connectivity index (χ0n) is 16.6. The predicted octanol–water partition coefficient (Wildman–Crippen LogP) is 2.53. The average Bonchev–Trinajstić information content (AvgIpc) is 3.46. The molecule has 0 bridgehead atoms. The van der Waals surface area contributed by atoms with Gasteiger partial charge >= 0.3 is 6.09 Å². The molecule has 31 heavy (non-hydrogen) atoms. The lowest BCUT2D eigenvalue weighted by molar-refractivity contribution is -0.117. The van der Waals surface area contributed by atoms with Gasteiger partial charge in [-0.05, 0) is 25.1 Å². The molecular weight excluding hydrogens is 402 g/mol. The molecule has 1 atom stereocenters. The maximum Gasteiger partial charge on any atom is 0.414 e. The summed E-state index contributed by atoms with van der Waals surface area (Å²) in [6, 6.07) is 12.5. The largest absolute Gasteiger partial charge is 0.454 e. The molecule has 0 saturated carbocycles. The first-order valence-electron chi connectivity index (χ1n) is 9.79. The van der Waals surface area contributed by atoms with Gasteiger partial charge in [-0.15, -0.1) is 0 Å². The Morgan fingerprint density at radius 1 is 1.16 bits per heavy atom. The zero-order chi connectivity index (χ0) is 21.5. The van der Waals surface area contributed by atoms with Gasteiger partial charge < -0.3 is 24.5 Å². The minimum absolute atomic E-state index is 0.0266. The van der Waals surface area contributed by atoms with Crippen LogP contribution in [0, 0.1) is 6.92 Å². The molecule has 0 aliphatic carbocycles. The van der Waals surface area contributed by atoms with Crippen molar-refractivity contribution in [3.8, 4) is 11.5 Å². The zero-order valence-corrected chi connectivity index (χ0v) is 16.6. The quantitative estimate of drug-likeness (QED) is 0.484. The number of carbonyl (C=O) groups excluding carboxylic acids is 3. The van der Waals surface area contributed by atoms with Crippen LogP contribution in [0.15, 0.2) is 42.5 Å². The van der Waals surface area contributed by atoms with Crippen molar-refractivity contribution in [3.63, 3.8) is 0 Å². The summed E-state index contributed by atoms with van der Waals surface area (Å²) in [5.74, 6) is -0.203. The first kappa shape index (κ1) is 19.0. The second kappa shape index (κ2) is 7.35. The fourth-order valence-electron chi connectivity index (χ4n) is 3.86. The third-order valence-electron chi connectivity index (χ3n) is 5.36. The molecule has 9 nitrogen and oxygen atoms in total. The number of aromatic amines is 1. The molecule has 5 rings (SSSR count). The summed E-state index contributed by atoms with van der Waals surface area (Å²) in [4.78, 5) is 42.1. The lowest BCUT2D eigenvalue weighted by Crippen LogP contribution is -2.38. The highest BCUT2D eigenvalue weighted by Crippen LogP contribution is 2.36. The van der Waals surface area contributed by atoms with Crippen molar-refractivity contribution in [1.82, 2.24) is 10.3 Å². The third kappa shape index (κ3) is 3.33. The fraction of sp³-hybridized carbons (Fsp3) is 0.227. The Balaban J connectivity index is 1.24.